The number of aromatic nitrogens is 3. The maximum absolute atomic E-state index is 13.4. The van der Waals surface area contributed by atoms with Crippen LogP contribution in [0.3, 0.4) is 0 Å². The van der Waals surface area contributed by atoms with Gasteiger partial charge in [0.1, 0.15) is 0 Å². The van der Waals surface area contributed by atoms with Gasteiger partial charge in [0.2, 0.25) is 0 Å². The zero-order chi connectivity index (χ0) is 25.2. The van der Waals surface area contributed by atoms with Crippen LogP contribution in [-0.2, 0) is 6.42 Å². The van der Waals surface area contributed by atoms with E-state index in [1.165, 1.54) is 11.1 Å². The second-order valence-electron chi connectivity index (χ2n) is 9.38. The van der Waals surface area contributed by atoms with Crippen LogP contribution in [0.1, 0.15) is 53.9 Å². The van der Waals surface area contributed by atoms with Crippen LogP contribution < -0.4 is 5.32 Å². The summed E-state index contributed by atoms with van der Waals surface area (Å²) in [5.41, 5.74) is 8.21. The molecule has 0 unspecified atom stereocenters. The highest BCUT2D eigenvalue weighted by Gasteiger charge is 2.18. The number of anilines is 1. The normalized spacial score (nSPS) is 11.2. The van der Waals surface area contributed by atoms with Crippen molar-refractivity contribution in [3.8, 4) is 16.9 Å². The van der Waals surface area contributed by atoms with Gasteiger partial charge in [0.25, 0.3) is 5.91 Å². The lowest BCUT2D eigenvalue weighted by atomic mass is 10.0. The lowest BCUT2D eigenvalue weighted by Crippen LogP contribution is -2.13. The van der Waals surface area contributed by atoms with Gasteiger partial charge >= 0.3 is 0 Å². The molecule has 0 aliphatic carbocycles. The highest BCUT2D eigenvalue weighted by Crippen LogP contribution is 2.29. The molecule has 0 aliphatic rings. The van der Waals surface area contributed by atoms with Crippen molar-refractivity contribution in [2.24, 2.45) is 0 Å². The van der Waals surface area contributed by atoms with Gasteiger partial charge in [-0.05, 0) is 66.8 Å². The van der Waals surface area contributed by atoms with Crippen molar-refractivity contribution in [1.29, 1.82) is 0 Å². The van der Waals surface area contributed by atoms with Gasteiger partial charge in [-0.15, -0.1) is 0 Å². The number of hydrogen-bond acceptors (Lipinski definition) is 3. The van der Waals surface area contributed by atoms with E-state index in [2.05, 4.69) is 61.5 Å². The molecule has 36 heavy (non-hydrogen) atoms. The standard InChI is InChI=1S/C31H30N4O/c1-5-22-9-8-10-24(17-22)33-31(36)27-18-30(34-29-12-7-6-11-26(27)29)28-19-32-35(21(28)4)25-15-13-23(14-16-25)20(2)3/h6-20H,5H2,1-4H3,(H,33,36). The van der Waals surface area contributed by atoms with Gasteiger partial charge < -0.3 is 5.32 Å². The van der Waals surface area contributed by atoms with Gasteiger partial charge in [-0.25, -0.2) is 9.67 Å². The van der Waals surface area contributed by atoms with Crippen LogP contribution in [0.5, 0.6) is 0 Å². The first-order valence-electron chi connectivity index (χ1n) is 12.4. The lowest BCUT2D eigenvalue weighted by Gasteiger charge is -2.12. The fourth-order valence-electron chi connectivity index (χ4n) is 4.49. The molecule has 0 atom stereocenters. The molecule has 5 aromatic rings. The van der Waals surface area contributed by atoms with Crippen molar-refractivity contribution in [2.45, 2.75) is 40.0 Å². The number of fused-ring (bicyclic) bond motifs is 1. The Kier molecular flexibility index (Phi) is 6.38. The van der Waals surface area contributed by atoms with Crippen LogP contribution in [0.2, 0.25) is 0 Å². The number of amides is 1. The van der Waals surface area contributed by atoms with Gasteiger partial charge in [0.05, 0.1) is 34.4 Å². The molecular formula is C31H30N4O. The molecule has 0 fully saturated rings. The third kappa shape index (κ3) is 4.52. The molecule has 3 aromatic carbocycles. The fraction of sp³-hybridized carbons (Fsp3) is 0.194. The molecule has 0 aliphatic heterocycles. The van der Waals surface area contributed by atoms with Crippen LogP contribution in [0.15, 0.2) is 85.1 Å². The molecule has 5 nitrogen and oxygen atoms in total. The summed E-state index contributed by atoms with van der Waals surface area (Å²) in [6, 6.07) is 26.1. The quantitative estimate of drug-likeness (QED) is 0.280. The molecule has 0 radical (unpaired) electrons. The van der Waals surface area contributed by atoms with Crippen molar-refractivity contribution in [3.05, 3.63) is 107 Å². The predicted octanol–water partition coefficient (Wildman–Crippen LogP) is 7.33. The zero-order valence-electron chi connectivity index (χ0n) is 21.1. The molecule has 1 amide bonds. The SMILES string of the molecule is CCc1cccc(NC(=O)c2cc(-c3cnn(-c4ccc(C(C)C)cc4)c3C)nc3ccccc23)c1. The first kappa shape index (κ1) is 23.5. The van der Waals surface area contributed by atoms with Crippen LogP contribution in [0.25, 0.3) is 27.8 Å². The number of aryl methyl sites for hydroxylation is 1. The fourth-order valence-corrected chi connectivity index (χ4v) is 4.49. The summed E-state index contributed by atoms with van der Waals surface area (Å²) in [4.78, 5) is 18.3. The Bertz CT molecular complexity index is 1550. The summed E-state index contributed by atoms with van der Waals surface area (Å²) in [7, 11) is 0. The molecule has 0 saturated heterocycles. The molecule has 5 rings (SSSR count). The Hall–Kier alpha value is -4.25. The Morgan fingerprint density at radius 1 is 0.972 bits per heavy atom. The molecule has 2 aromatic heterocycles. The number of pyridine rings is 1. The number of hydrogen-bond donors (Lipinski definition) is 1. The summed E-state index contributed by atoms with van der Waals surface area (Å²) in [6.07, 6.45) is 2.74. The van der Waals surface area contributed by atoms with Gasteiger partial charge in [0, 0.05) is 16.6 Å². The number of carbonyl (C=O) groups is 1. The van der Waals surface area contributed by atoms with Crippen LogP contribution >= 0.6 is 0 Å². The molecule has 180 valence electrons. The van der Waals surface area contributed by atoms with Gasteiger partial charge in [0.15, 0.2) is 0 Å². The highest BCUT2D eigenvalue weighted by molar-refractivity contribution is 6.13. The van der Waals surface area contributed by atoms with E-state index in [0.29, 0.717) is 11.5 Å². The van der Waals surface area contributed by atoms with Gasteiger partial charge in [-0.3, -0.25) is 4.79 Å². The highest BCUT2D eigenvalue weighted by atomic mass is 16.1. The molecule has 0 saturated carbocycles. The van der Waals surface area contributed by atoms with E-state index in [9.17, 15) is 4.79 Å². The molecule has 1 N–H and O–H groups in total. The number of nitrogens with one attached hydrogen (secondary N) is 1. The van der Waals surface area contributed by atoms with Crippen molar-refractivity contribution < 1.29 is 4.79 Å². The van der Waals surface area contributed by atoms with E-state index in [0.717, 1.165) is 45.6 Å². The first-order chi connectivity index (χ1) is 17.4. The van der Waals surface area contributed by atoms with E-state index in [1.54, 1.807) is 0 Å². The minimum absolute atomic E-state index is 0.155. The minimum Gasteiger partial charge on any atom is -0.322 e. The first-order valence-corrected chi connectivity index (χ1v) is 12.4. The Balaban J connectivity index is 1.55. The van der Waals surface area contributed by atoms with Gasteiger partial charge in [-0.2, -0.15) is 5.10 Å². The zero-order valence-corrected chi connectivity index (χ0v) is 21.1. The minimum atomic E-state index is -0.155. The number of para-hydroxylation sites is 1. The summed E-state index contributed by atoms with van der Waals surface area (Å²) in [5.74, 6) is 0.321. The molecular weight excluding hydrogens is 444 g/mol. The second kappa shape index (κ2) is 9.78. The molecule has 5 heteroatoms. The molecule has 0 spiro atoms. The van der Waals surface area contributed by atoms with Crippen molar-refractivity contribution in [1.82, 2.24) is 14.8 Å². The van der Waals surface area contributed by atoms with Crippen molar-refractivity contribution in [2.75, 3.05) is 5.32 Å². The van der Waals surface area contributed by atoms with E-state index < -0.39 is 0 Å². The van der Waals surface area contributed by atoms with Crippen LogP contribution in [0, 0.1) is 6.92 Å². The topological polar surface area (TPSA) is 59.8 Å². The van der Waals surface area contributed by atoms with Crippen LogP contribution in [0.4, 0.5) is 5.69 Å². The summed E-state index contributed by atoms with van der Waals surface area (Å²) < 4.78 is 1.92. The summed E-state index contributed by atoms with van der Waals surface area (Å²) >= 11 is 0. The van der Waals surface area contributed by atoms with Crippen molar-refractivity contribution in [3.63, 3.8) is 0 Å². The Morgan fingerprint density at radius 2 is 1.75 bits per heavy atom. The van der Waals surface area contributed by atoms with Crippen molar-refractivity contribution >= 4 is 22.5 Å². The van der Waals surface area contributed by atoms with E-state index in [4.69, 9.17) is 4.98 Å². The largest absolute Gasteiger partial charge is 0.322 e. The lowest BCUT2D eigenvalue weighted by molar-refractivity contribution is 0.102. The monoisotopic (exact) mass is 474 g/mol. The van der Waals surface area contributed by atoms with E-state index in [-0.39, 0.29) is 5.91 Å². The average molecular weight is 475 g/mol. The number of rotatable bonds is 6. The van der Waals surface area contributed by atoms with Crippen LogP contribution in [-0.4, -0.2) is 20.7 Å². The maximum atomic E-state index is 13.4. The summed E-state index contributed by atoms with van der Waals surface area (Å²) in [5, 5.41) is 8.55. The van der Waals surface area contributed by atoms with E-state index >= 15 is 0 Å². The molecule has 2 heterocycles. The molecule has 0 bridgehead atoms. The Morgan fingerprint density at radius 3 is 2.50 bits per heavy atom. The maximum Gasteiger partial charge on any atom is 0.256 e. The number of nitrogens with zero attached hydrogens (tertiary/aromatic N) is 3. The predicted molar refractivity (Wildman–Crippen MR) is 147 cm³/mol. The third-order valence-corrected chi connectivity index (χ3v) is 6.64. The van der Waals surface area contributed by atoms with E-state index in [1.807, 2.05) is 66.3 Å². The summed E-state index contributed by atoms with van der Waals surface area (Å²) in [6.45, 7) is 8.51. The smallest absolute Gasteiger partial charge is 0.256 e. The van der Waals surface area contributed by atoms with Gasteiger partial charge in [-0.1, -0.05) is 63.2 Å². The second-order valence-corrected chi connectivity index (χ2v) is 9.38. The third-order valence-electron chi connectivity index (χ3n) is 6.64. The number of carbonyl (C=O) groups excluding carboxylic acids is 1. The Labute approximate surface area is 211 Å². The average Bonchev–Trinajstić information content (AvgIpc) is 3.29. The number of benzene rings is 3.